The first-order valence-corrected chi connectivity index (χ1v) is 6.76. The maximum atomic E-state index is 11.3. The molecule has 0 spiro atoms. The number of amides is 1. The second kappa shape index (κ2) is 5.37. The number of hydrogen-bond acceptors (Lipinski definition) is 2. The van der Waals surface area contributed by atoms with Crippen LogP contribution in [0.15, 0.2) is 0 Å². The van der Waals surface area contributed by atoms with E-state index in [4.69, 9.17) is 17.3 Å². The van der Waals surface area contributed by atoms with Crippen molar-refractivity contribution in [1.82, 2.24) is 5.32 Å². The van der Waals surface area contributed by atoms with Crippen LogP contribution >= 0.6 is 11.6 Å². The number of carbonyl (C=O) groups excluding carboxylic acids is 1. The first-order valence-electron chi connectivity index (χ1n) is 6.32. The van der Waals surface area contributed by atoms with Crippen LogP contribution in [-0.2, 0) is 4.79 Å². The number of nitrogens with one attached hydrogen (secondary N) is 1. The maximum Gasteiger partial charge on any atom is 0.220 e. The Bertz CT molecular complexity index is 253. The minimum Gasteiger partial charge on any atom is -0.369 e. The van der Waals surface area contributed by atoms with Crippen LogP contribution in [0.4, 0.5) is 0 Å². The summed E-state index contributed by atoms with van der Waals surface area (Å²) in [6.45, 7) is 2.18. The molecule has 1 saturated heterocycles. The van der Waals surface area contributed by atoms with Crippen molar-refractivity contribution in [2.75, 3.05) is 13.1 Å². The van der Waals surface area contributed by atoms with Crippen LogP contribution in [0.3, 0.4) is 0 Å². The van der Waals surface area contributed by atoms with Gasteiger partial charge in [-0.3, -0.25) is 4.79 Å². The standard InChI is InChI=1S/C12H21ClN2O/c13-11-4-3-8(12(14)16)6-10(11)9-2-1-5-15-7-9/h8-11,15H,1-7H2,(H2,14,16). The first kappa shape index (κ1) is 12.2. The minimum absolute atomic E-state index is 0.0573. The summed E-state index contributed by atoms with van der Waals surface area (Å²) in [5.74, 6) is 1.03. The molecule has 1 aliphatic heterocycles. The van der Waals surface area contributed by atoms with E-state index >= 15 is 0 Å². The molecule has 1 heterocycles. The number of alkyl halides is 1. The van der Waals surface area contributed by atoms with Crippen LogP contribution in [-0.4, -0.2) is 24.4 Å². The third kappa shape index (κ3) is 2.69. The van der Waals surface area contributed by atoms with E-state index in [1.807, 2.05) is 0 Å². The van der Waals surface area contributed by atoms with Crippen molar-refractivity contribution in [2.24, 2.45) is 23.5 Å². The lowest BCUT2D eigenvalue weighted by atomic mass is 9.72. The average molecular weight is 245 g/mol. The number of hydrogen-bond donors (Lipinski definition) is 2. The van der Waals surface area contributed by atoms with E-state index < -0.39 is 0 Å². The summed E-state index contributed by atoms with van der Waals surface area (Å²) in [4.78, 5) is 11.3. The maximum absolute atomic E-state index is 11.3. The van der Waals surface area contributed by atoms with Gasteiger partial charge in [-0.1, -0.05) is 0 Å². The lowest BCUT2D eigenvalue weighted by Gasteiger charge is -2.38. The quantitative estimate of drug-likeness (QED) is 0.724. The molecule has 0 radical (unpaired) electrons. The zero-order chi connectivity index (χ0) is 11.5. The van der Waals surface area contributed by atoms with Crippen molar-refractivity contribution in [1.29, 1.82) is 0 Å². The number of nitrogens with two attached hydrogens (primary N) is 1. The Hall–Kier alpha value is -0.280. The summed E-state index contributed by atoms with van der Waals surface area (Å²) in [5.41, 5.74) is 5.41. The summed E-state index contributed by atoms with van der Waals surface area (Å²) in [7, 11) is 0. The van der Waals surface area contributed by atoms with Crippen LogP contribution in [0.25, 0.3) is 0 Å². The zero-order valence-corrected chi connectivity index (χ0v) is 10.4. The van der Waals surface area contributed by atoms with Gasteiger partial charge in [0.25, 0.3) is 0 Å². The molecule has 1 aliphatic carbocycles. The molecule has 16 heavy (non-hydrogen) atoms. The Labute approximate surface area is 102 Å². The SMILES string of the molecule is NC(=O)C1CCC(Cl)C(C2CCCNC2)C1. The van der Waals surface area contributed by atoms with Crippen molar-refractivity contribution in [2.45, 2.75) is 37.5 Å². The van der Waals surface area contributed by atoms with Gasteiger partial charge >= 0.3 is 0 Å². The van der Waals surface area contributed by atoms with Crippen LogP contribution < -0.4 is 11.1 Å². The minimum atomic E-state index is -0.141. The fourth-order valence-electron chi connectivity index (χ4n) is 3.16. The highest BCUT2D eigenvalue weighted by molar-refractivity contribution is 6.20. The Morgan fingerprint density at radius 1 is 1.31 bits per heavy atom. The smallest absolute Gasteiger partial charge is 0.220 e. The Morgan fingerprint density at radius 3 is 2.75 bits per heavy atom. The molecule has 92 valence electrons. The summed E-state index contributed by atoms with van der Waals surface area (Å²) >= 11 is 6.41. The van der Waals surface area contributed by atoms with Gasteiger partial charge in [0.1, 0.15) is 0 Å². The molecule has 2 fully saturated rings. The predicted octanol–water partition coefficient (Wildman–Crippen LogP) is 1.49. The van der Waals surface area contributed by atoms with E-state index in [9.17, 15) is 4.79 Å². The van der Waals surface area contributed by atoms with E-state index in [1.54, 1.807) is 0 Å². The van der Waals surface area contributed by atoms with E-state index in [2.05, 4.69) is 5.32 Å². The first-order chi connectivity index (χ1) is 7.68. The number of rotatable bonds is 2. The second-order valence-electron chi connectivity index (χ2n) is 5.20. The van der Waals surface area contributed by atoms with Gasteiger partial charge in [0, 0.05) is 11.3 Å². The highest BCUT2D eigenvalue weighted by atomic mass is 35.5. The third-order valence-electron chi connectivity index (χ3n) is 4.16. The monoisotopic (exact) mass is 244 g/mol. The van der Waals surface area contributed by atoms with Gasteiger partial charge in [-0.05, 0) is 57.0 Å². The molecule has 2 aliphatic rings. The molecule has 3 N–H and O–H groups in total. The van der Waals surface area contributed by atoms with E-state index in [1.165, 1.54) is 12.8 Å². The third-order valence-corrected chi connectivity index (χ3v) is 4.70. The number of primary amides is 1. The van der Waals surface area contributed by atoms with Gasteiger partial charge in [0.05, 0.1) is 0 Å². The average Bonchev–Trinajstić information content (AvgIpc) is 2.30. The van der Waals surface area contributed by atoms with Crippen LogP contribution in [0.5, 0.6) is 0 Å². The molecule has 4 heteroatoms. The molecular weight excluding hydrogens is 224 g/mol. The fourth-order valence-corrected chi connectivity index (χ4v) is 3.59. The molecule has 0 aromatic carbocycles. The van der Waals surface area contributed by atoms with E-state index in [0.29, 0.717) is 11.8 Å². The lowest BCUT2D eigenvalue weighted by Crippen LogP contribution is -2.42. The zero-order valence-electron chi connectivity index (χ0n) is 9.62. The van der Waals surface area contributed by atoms with Crippen molar-refractivity contribution in [3.63, 3.8) is 0 Å². The Morgan fingerprint density at radius 2 is 2.12 bits per heavy atom. The highest BCUT2D eigenvalue weighted by Crippen LogP contribution is 2.39. The molecule has 3 nitrogen and oxygen atoms in total. The Kier molecular flexibility index (Phi) is 4.09. The predicted molar refractivity (Wildman–Crippen MR) is 65.3 cm³/mol. The van der Waals surface area contributed by atoms with Crippen LogP contribution in [0.2, 0.25) is 0 Å². The molecule has 0 aromatic heterocycles. The van der Waals surface area contributed by atoms with Gasteiger partial charge in [-0.2, -0.15) is 0 Å². The summed E-state index contributed by atoms with van der Waals surface area (Å²) in [6.07, 6.45) is 5.19. The number of piperidine rings is 1. The fraction of sp³-hybridized carbons (Fsp3) is 0.917. The molecule has 4 atom stereocenters. The van der Waals surface area contributed by atoms with Crippen molar-refractivity contribution >= 4 is 17.5 Å². The number of carbonyl (C=O) groups is 1. The summed E-state index contributed by atoms with van der Waals surface area (Å²) in [5, 5.41) is 3.66. The molecule has 2 rings (SSSR count). The molecule has 0 bridgehead atoms. The van der Waals surface area contributed by atoms with Gasteiger partial charge < -0.3 is 11.1 Å². The molecule has 1 saturated carbocycles. The van der Waals surface area contributed by atoms with Crippen molar-refractivity contribution < 1.29 is 4.79 Å². The van der Waals surface area contributed by atoms with Crippen molar-refractivity contribution in [3.05, 3.63) is 0 Å². The van der Waals surface area contributed by atoms with Gasteiger partial charge in [-0.15, -0.1) is 11.6 Å². The van der Waals surface area contributed by atoms with Gasteiger partial charge in [0.2, 0.25) is 5.91 Å². The van der Waals surface area contributed by atoms with E-state index in [0.717, 1.165) is 32.4 Å². The molecular formula is C12H21ClN2O. The molecule has 4 unspecified atom stereocenters. The van der Waals surface area contributed by atoms with Crippen molar-refractivity contribution in [3.8, 4) is 0 Å². The largest absolute Gasteiger partial charge is 0.369 e. The molecule has 0 aromatic rings. The summed E-state index contributed by atoms with van der Waals surface area (Å²) < 4.78 is 0. The topological polar surface area (TPSA) is 55.1 Å². The number of halogens is 1. The van der Waals surface area contributed by atoms with Crippen LogP contribution in [0.1, 0.15) is 32.1 Å². The normalized spacial score (nSPS) is 40.6. The summed E-state index contributed by atoms with van der Waals surface area (Å²) in [6, 6.07) is 0. The van der Waals surface area contributed by atoms with E-state index in [-0.39, 0.29) is 17.2 Å². The lowest BCUT2D eigenvalue weighted by molar-refractivity contribution is -0.123. The van der Waals surface area contributed by atoms with Gasteiger partial charge in [-0.25, -0.2) is 0 Å². The Balaban J connectivity index is 1.97. The van der Waals surface area contributed by atoms with Crippen LogP contribution in [0, 0.1) is 17.8 Å². The highest BCUT2D eigenvalue weighted by Gasteiger charge is 2.36. The molecule has 1 amide bonds. The second-order valence-corrected chi connectivity index (χ2v) is 5.76. The van der Waals surface area contributed by atoms with Gasteiger partial charge in [0.15, 0.2) is 0 Å².